The van der Waals surface area contributed by atoms with Crippen molar-refractivity contribution in [2.75, 3.05) is 0 Å². The van der Waals surface area contributed by atoms with Crippen LogP contribution in [-0.2, 0) is 18.2 Å². The molecule has 94 valence electrons. The van der Waals surface area contributed by atoms with Gasteiger partial charge >= 0.3 is 0 Å². The van der Waals surface area contributed by atoms with E-state index in [1.165, 1.54) is 40.6 Å². The molecule has 1 aromatic carbocycles. The van der Waals surface area contributed by atoms with Gasteiger partial charge in [0.05, 0.1) is 5.52 Å². The number of aryl methyl sites for hydroxylation is 1. The van der Waals surface area contributed by atoms with E-state index >= 15 is 0 Å². The van der Waals surface area contributed by atoms with E-state index in [1.54, 1.807) is 0 Å². The molecule has 2 heteroatoms. The van der Waals surface area contributed by atoms with Crippen molar-refractivity contribution < 1.29 is 0 Å². The molecule has 0 unspecified atom stereocenters. The minimum atomic E-state index is 0.575. The Kier molecular flexibility index (Phi) is 3.14. The van der Waals surface area contributed by atoms with E-state index in [4.69, 9.17) is 4.98 Å². The van der Waals surface area contributed by atoms with Gasteiger partial charge in [0, 0.05) is 16.4 Å². The maximum atomic E-state index is 4.84. The van der Waals surface area contributed by atoms with Gasteiger partial charge in [-0.05, 0) is 54.0 Å². The molecule has 1 aliphatic rings. The van der Waals surface area contributed by atoms with Crippen LogP contribution in [0, 0.1) is 0 Å². The van der Waals surface area contributed by atoms with E-state index in [0.29, 0.717) is 5.92 Å². The van der Waals surface area contributed by atoms with E-state index in [1.807, 2.05) is 0 Å². The van der Waals surface area contributed by atoms with Gasteiger partial charge in [-0.2, -0.15) is 0 Å². The largest absolute Gasteiger partial charge is 0.253 e. The summed E-state index contributed by atoms with van der Waals surface area (Å²) in [5.41, 5.74) is 6.86. The van der Waals surface area contributed by atoms with Crippen LogP contribution in [0.2, 0.25) is 0 Å². The van der Waals surface area contributed by atoms with Crippen LogP contribution in [-0.4, -0.2) is 4.98 Å². The van der Waals surface area contributed by atoms with E-state index in [-0.39, 0.29) is 0 Å². The Labute approximate surface area is 117 Å². The van der Waals surface area contributed by atoms with E-state index < -0.39 is 0 Å². The number of hydrogen-bond acceptors (Lipinski definition) is 1. The Hall–Kier alpha value is -0.890. The minimum absolute atomic E-state index is 0.575. The predicted octanol–water partition coefficient (Wildman–Crippen LogP) is 4.74. The quantitative estimate of drug-likeness (QED) is 0.730. The maximum Gasteiger partial charge on any atom is 0.0708 e. The Morgan fingerprint density at radius 2 is 2.11 bits per heavy atom. The zero-order valence-corrected chi connectivity index (χ0v) is 12.5. The fourth-order valence-corrected chi connectivity index (χ4v) is 3.53. The summed E-state index contributed by atoms with van der Waals surface area (Å²) in [7, 11) is 0. The first-order chi connectivity index (χ1) is 8.70. The summed E-state index contributed by atoms with van der Waals surface area (Å²) < 4.78 is 0. The van der Waals surface area contributed by atoms with Gasteiger partial charge in [0.1, 0.15) is 0 Å². The first-order valence-corrected chi connectivity index (χ1v) is 7.83. The molecule has 0 radical (unpaired) electrons. The Bertz CT molecular complexity index is 602. The minimum Gasteiger partial charge on any atom is -0.253 e. The van der Waals surface area contributed by atoms with Crippen molar-refractivity contribution >= 4 is 26.8 Å². The molecule has 0 saturated carbocycles. The molecule has 0 spiro atoms. The van der Waals surface area contributed by atoms with Crippen LogP contribution < -0.4 is 0 Å². The van der Waals surface area contributed by atoms with Crippen molar-refractivity contribution in [3.63, 3.8) is 0 Å². The normalized spacial score (nSPS) is 14.4. The zero-order chi connectivity index (χ0) is 12.7. The maximum absolute atomic E-state index is 4.84. The second-order valence-electron chi connectivity index (χ2n) is 5.43. The second kappa shape index (κ2) is 4.65. The molecule has 0 saturated heterocycles. The lowest BCUT2D eigenvalue weighted by Crippen LogP contribution is -1.98. The highest BCUT2D eigenvalue weighted by molar-refractivity contribution is 9.08. The van der Waals surface area contributed by atoms with Gasteiger partial charge in [-0.3, -0.25) is 4.98 Å². The monoisotopic (exact) mass is 303 g/mol. The molecule has 0 N–H and O–H groups in total. The molecule has 0 bridgehead atoms. The molecule has 18 heavy (non-hydrogen) atoms. The molecule has 0 aliphatic heterocycles. The number of fused-ring (bicyclic) bond motifs is 2. The lowest BCUT2D eigenvalue weighted by molar-refractivity contribution is 0.868. The molecule has 0 atom stereocenters. The van der Waals surface area contributed by atoms with E-state index in [0.717, 1.165) is 17.3 Å². The van der Waals surface area contributed by atoms with E-state index in [9.17, 15) is 0 Å². The van der Waals surface area contributed by atoms with Gasteiger partial charge in [-0.25, -0.2) is 0 Å². The Morgan fingerprint density at radius 1 is 1.28 bits per heavy atom. The third-order valence-electron chi connectivity index (χ3n) is 3.95. The number of nitrogens with zero attached hydrogens (tertiary/aromatic N) is 1. The number of alkyl halides is 1. The van der Waals surface area contributed by atoms with Gasteiger partial charge < -0.3 is 0 Å². The van der Waals surface area contributed by atoms with Gasteiger partial charge in [0.15, 0.2) is 0 Å². The summed E-state index contributed by atoms with van der Waals surface area (Å²) >= 11 is 3.67. The predicted molar refractivity (Wildman–Crippen MR) is 80.5 cm³/mol. The Morgan fingerprint density at radius 3 is 2.83 bits per heavy atom. The smallest absolute Gasteiger partial charge is 0.0708 e. The summed E-state index contributed by atoms with van der Waals surface area (Å²) in [5, 5.41) is 2.29. The SMILES string of the molecule is CC(C)c1ccc2nc3c(c(CBr)c2c1)CCC3. The van der Waals surface area contributed by atoms with E-state index in [2.05, 4.69) is 48.0 Å². The third-order valence-corrected chi connectivity index (χ3v) is 4.52. The summed E-state index contributed by atoms with van der Waals surface area (Å²) in [6.45, 7) is 4.49. The highest BCUT2D eigenvalue weighted by atomic mass is 79.9. The first-order valence-electron chi connectivity index (χ1n) is 6.71. The topological polar surface area (TPSA) is 12.9 Å². The van der Waals surface area contributed by atoms with Crippen molar-refractivity contribution in [2.24, 2.45) is 0 Å². The van der Waals surface area contributed by atoms with Crippen LogP contribution in [0.15, 0.2) is 18.2 Å². The van der Waals surface area contributed by atoms with Crippen molar-refractivity contribution in [3.8, 4) is 0 Å². The lowest BCUT2D eigenvalue weighted by Gasteiger charge is -2.13. The lowest BCUT2D eigenvalue weighted by atomic mass is 9.97. The number of benzene rings is 1. The van der Waals surface area contributed by atoms with Crippen molar-refractivity contribution in [2.45, 2.75) is 44.4 Å². The average Bonchev–Trinajstić information content (AvgIpc) is 2.82. The van der Waals surface area contributed by atoms with Crippen LogP contribution in [0.1, 0.15) is 48.6 Å². The number of aromatic nitrogens is 1. The number of halogens is 1. The molecule has 1 heterocycles. The highest BCUT2D eigenvalue weighted by Gasteiger charge is 2.19. The van der Waals surface area contributed by atoms with Gasteiger partial charge in [-0.15, -0.1) is 0 Å². The number of pyridine rings is 1. The fraction of sp³-hybridized carbons (Fsp3) is 0.438. The van der Waals surface area contributed by atoms with Crippen molar-refractivity contribution in [3.05, 3.63) is 40.6 Å². The van der Waals surface area contributed by atoms with Gasteiger partial charge in [-0.1, -0.05) is 35.8 Å². The zero-order valence-electron chi connectivity index (χ0n) is 11.0. The molecule has 0 amide bonds. The molecular weight excluding hydrogens is 286 g/mol. The van der Waals surface area contributed by atoms with Crippen LogP contribution in [0.3, 0.4) is 0 Å². The summed E-state index contributed by atoms with van der Waals surface area (Å²) in [5.74, 6) is 0.575. The molecule has 3 rings (SSSR count). The highest BCUT2D eigenvalue weighted by Crippen LogP contribution is 2.32. The summed E-state index contributed by atoms with van der Waals surface area (Å²) in [6, 6.07) is 6.75. The average molecular weight is 304 g/mol. The summed E-state index contributed by atoms with van der Waals surface area (Å²) in [6.07, 6.45) is 3.61. The number of hydrogen-bond donors (Lipinski definition) is 0. The van der Waals surface area contributed by atoms with Crippen LogP contribution >= 0.6 is 15.9 Å². The van der Waals surface area contributed by atoms with Gasteiger partial charge in [0.25, 0.3) is 0 Å². The summed E-state index contributed by atoms with van der Waals surface area (Å²) in [4.78, 5) is 4.84. The van der Waals surface area contributed by atoms with Crippen molar-refractivity contribution in [1.82, 2.24) is 4.98 Å². The molecule has 0 fully saturated rings. The number of rotatable bonds is 2. The second-order valence-corrected chi connectivity index (χ2v) is 5.99. The molecule has 2 aromatic rings. The van der Waals surface area contributed by atoms with Crippen molar-refractivity contribution in [1.29, 1.82) is 0 Å². The molecule has 1 aliphatic carbocycles. The molecule has 1 aromatic heterocycles. The van der Waals surface area contributed by atoms with Gasteiger partial charge in [0.2, 0.25) is 0 Å². The third kappa shape index (κ3) is 1.87. The standard InChI is InChI=1S/C16H18BrN/c1-10(2)11-6-7-16-13(8-11)14(9-17)12-4-3-5-15(12)18-16/h6-8,10H,3-5,9H2,1-2H3. The molecular formula is C16H18BrN. The fourth-order valence-electron chi connectivity index (χ4n) is 2.89. The van der Waals surface area contributed by atoms with Crippen LogP contribution in [0.5, 0.6) is 0 Å². The first kappa shape index (κ1) is 12.2. The van der Waals surface area contributed by atoms with Crippen LogP contribution in [0.25, 0.3) is 10.9 Å². The molecule has 1 nitrogen and oxygen atoms in total. The van der Waals surface area contributed by atoms with Crippen LogP contribution in [0.4, 0.5) is 0 Å². The Balaban J connectivity index is 2.30.